The molecule has 0 spiro atoms. The van der Waals surface area contributed by atoms with Crippen LogP contribution >= 0.6 is 0 Å². The fourth-order valence-corrected chi connectivity index (χ4v) is 2.02. The summed E-state index contributed by atoms with van der Waals surface area (Å²) in [6.07, 6.45) is 0. The first-order valence-corrected chi connectivity index (χ1v) is 5.88. The van der Waals surface area contributed by atoms with Crippen molar-refractivity contribution < 1.29 is 17.1 Å². The molecule has 0 radical (unpaired) electrons. The van der Waals surface area contributed by atoms with Crippen LogP contribution in [0.2, 0.25) is 0 Å². The molecular formula is C13H14ClN5. The monoisotopic (exact) mass is 275 g/mol. The topological polar surface area (TPSA) is 47.0 Å². The zero-order chi connectivity index (χ0) is 12.5. The molecule has 0 amide bonds. The summed E-state index contributed by atoms with van der Waals surface area (Å²) in [5, 5.41) is 8.28. The van der Waals surface area contributed by atoms with Gasteiger partial charge in [0.15, 0.2) is 0 Å². The number of aromatic nitrogens is 5. The Hall–Kier alpha value is -2.01. The third-order valence-electron chi connectivity index (χ3n) is 2.86. The highest BCUT2D eigenvalue weighted by Gasteiger charge is 2.17. The molecule has 0 saturated carbocycles. The summed E-state index contributed by atoms with van der Waals surface area (Å²) in [6, 6.07) is 12.2. The normalized spacial score (nSPS) is 10.4. The Morgan fingerprint density at radius 2 is 1.89 bits per heavy atom. The zero-order valence-electron chi connectivity index (χ0n) is 10.8. The zero-order valence-corrected chi connectivity index (χ0v) is 11.5. The minimum absolute atomic E-state index is 0. The van der Waals surface area contributed by atoms with Gasteiger partial charge < -0.3 is 12.4 Å². The molecule has 19 heavy (non-hydrogen) atoms. The summed E-state index contributed by atoms with van der Waals surface area (Å²) in [7, 11) is 0. The standard InChI is InChI=1S/C13H14N5.ClH/c1-10-8-11(2)18-13(14-10)17(15-16-18)9-12-6-4-3-5-7-12;/h3-8H,9H2,1-2H3;1H/q+1;/p-1. The number of rotatable bonds is 2. The minimum Gasteiger partial charge on any atom is -1.00 e. The fourth-order valence-electron chi connectivity index (χ4n) is 2.02. The summed E-state index contributed by atoms with van der Waals surface area (Å²) in [5.74, 6) is 0.774. The lowest BCUT2D eigenvalue weighted by Crippen LogP contribution is -3.00. The summed E-state index contributed by atoms with van der Waals surface area (Å²) in [6.45, 7) is 4.66. The third kappa shape index (κ3) is 2.56. The van der Waals surface area contributed by atoms with E-state index in [0.717, 1.165) is 17.2 Å². The van der Waals surface area contributed by atoms with Gasteiger partial charge in [0.25, 0.3) is 0 Å². The van der Waals surface area contributed by atoms with Gasteiger partial charge in [-0.25, -0.2) is 0 Å². The van der Waals surface area contributed by atoms with E-state index in [-0.39, 0.29) is 12.4 Å². The molecular weight excluding hydrogens is 262 g/mol. The first-order chi connectivity index (χ1) is 8.74. The van der Waals surface area contributed by atoms with Gasteiger partial charge in [0, 0.05) is 6.07 Å². The molecule has 98 valence electrons. The molecule has 2 aromatic heterocycles. The molecule has 0 aliphatic heterocycles. The van der Waals surface area contributed by atoms with Crippen LogP contribution in [0.5, 0.6) is 0 Å². The Morgan fingerprint density at radius 1 is 1.16 bits per heavy atom. The van der Waals surface area contributed by atoms with E-state index >= 15 is 0 Å². The largest absolute Gasteiger partial charge is 1.00 e. The maximum absolute atomic E-state index is 4.49. The molecule has 3 rings (SSSR count). The highest BCUT2D eigenvalue weighted by Crippen LogP contribution is 2.02. The Bertz CT molecular complexity index is 693. The predicted molar refractivity (Wildman–Crippen MR) is 66.0 cm³/mol. The van der Waals surface area contributed by atoms with E-state index in [2.05, 4.69) is 27.5 Å². The summed E-state index contributed by atoms with van der Waals surface area (Å²) < 4.78 is 3.57. The predicted octanol–water partition coefficient (Wildman–Crippen LogP) is -1.92. The number of benzene rings is 1. The average molecular weight is 276 g/mol. The van der Waals surface area contributed by atoms with Crippen molar-refractivity contribution in [3.05, 3.63) is 53.3 Å². The van der Waals surface area contributed by atoms with Crippen molar-refractivity contribution in [3.63, 3.8) is 0 Å². The van der Waals surface area contributed by atoms with Crippen molar-refractivity contribution in [2.24, 2.45) is 0 Å². The van der Waals surface area contributed by atoms with Crippen LogP contribution in [0.3, 0.4) is 0 Å². The van der Waals surface area contributed by atoms with Gasteiger partial charge in [0.1, 0.15) is 23.1 Å². The van der Waals surface area contributed by atoms with Crippen LogP contribution < -0.4 is 17.1 Å². The molecule has 0 N–H and O–H groups in total. The van der Waals surface area contributed by atoms with Crippen LogP contribution in [0.15, 0.2) is 36.4 Å². The minimum atomic E-state index is 0. The second-order valence-corrected chi connectivity index (χ2v) is 4.37. The molecule has 5 nitrogen and oxygen atoms in total. The highest BCUT2D eigenvalue weighted by molar-refractivity contribution is 5.24. The van der Waals surface area contributed by atoms with Crippen molar-refractivity contribution in [2.45, 2.75) is 20.4 Å². The van der Waals surface area contributed by atoms with Crippen molar-refractivity contribution in [1.29, 1.82) is 0 Å². The molecule has 0 saturated heterocycles. The number of nitrogens with zero attached hydrogens (tertiary/aromatic N) is 5. The Morgan fingerprint density at radius 3 is 2.63 bits per heavy atom. The smallest absolute Gasteiger partial charge is 0.407 e. The van der Waals surface area contributed by atoms with Crippen molar-refractivity contribution in [1.82, 2.24) is 19.9 Å². The second kappa shape index (κ2) is 5.32. The van der Waals surface area contributed by atoms with Crippen LogP contribution in [0.25, 0.3) is 5.78 Å². The Balaban J connectivity index is 0.00000133. The summed E-state index contributed by atoms with van der Waals surface area (Å²) >= 11 is 0. The summed E-state index contributed by atoms with van der Waals surface area (Å²) in [4.78, 5) is 4.49. The Labute approximate surface area is 117 Å². The van der Waals surface area contributed by atoms with Gasteiger partial charge in [-0.05, 0) is 19.4 Å². The first-order valence-electron chi connectivity index (χ1n) is 5.88. The molecule has 2 heterocycles. The fraction of sp³-hybridized carbons (Fsp3) is 0.231. The Kier molecular flexibility index (Phi) is 3.76. The van der Waals surface area contributed by atoms with E-state index in [1.54, 1.807) is 4.52 Å². The van der Waals surface area contributed by atoms with Crippen LogP contribution in [-0.4, -0.2) is 19.9 Å². The van der Waals surface area contributed by atoms with E-state index in [9.17, 15) is 0 Å². The lowest BCUT2D eigenvalue weighted by atomic mass is 10.2. The van der Waals surface area contributed by atoms with Crippen LogP contribution in [-0.2, 0) is 6.54 Å². The number of tetrazole rings is 1. The van der Waals surface area contributed by atoms with Crippen LogP contribution in [0.4, 0.5) is 0 Å². The number of fused-ring (bicyclic) bond motifs is 1. The van der Waals surface area contributed by atoms with E-state index in [1.165, 1.54) is 5.56 Å². The molecule has 0 atom stereocenters. The van der Waals surface area contributed by atoms with Gasteiger partial charge in [-0.1, -0.05) is 34.8 Å². The molecule has 0 fully saturated rings. The van der Waals surface area contributed by atoms with Crippen LogP contribution in [0.1, 0.15) is 17.0 Å². The van der Waals surface area contributed by atoms with Gasteiger partial charge in [0.2, 0.25) is 0 Å². The summed E-state index contributed by atoms with van der Waals surface area (Å²) in [5.41, 5.74) is 3.20. The van der Waals surface area contributed by atoms with E-state index in [1.807, 2.05) is 42.8 Å². The molecule has 0 bridgehead atoms. The molecule has 6 heteroatoms. The molecule has 0 aliphatic rings. The quantitative estimate of drug-likeness (QED) is 0.513. The molecule has 0 aliphatic carbocycles. The van der Waals surface area contributed by atoms with E-state index < -0.39 is 0 Å². The second-order valence-electron chi connectivity index (χ2n) is 4.37. The molecule has 3 aromatic rings. The van der Waals surface area contributed by atoms with Crippen LogP contribution in [0, 0.1) is 13.8 Å². The third-order valence-corrected chi connectivity index (χ3v) is 2.86. The number of aryl methyl sites for hydroxylation is 2. The highest BCUT2D eigenvalue weighted by atomic mass is 35.5. The van der Waals surface area contributed by atoms with Crippen molar-refractivity contribution in [3.8, 4) is 0 Å². The van der Waals surface area contributed by atoms with E-state index in [0.29, 0.717) is 6.54 Å². The van der Waals surface area contributed by atoms with Crippen molar-refractivity contribution in [2.75, 3.05) is 0 Å². The van der Waals surface area contributed by atoms with Gasteiger partial charge in [-0.3, -0.25) is 0 Å². The molecule has 0 unspecified atom stereocenters. The average Bonchev–Trinajstić information content (AvgIpc) is 2.74. The SMILES string of the molecule is Cc1cc(C)n2nn[n+](Cc3ccccc3)c2n1.[Cl-]. The van der Waals surface area contributed by atoms with Gasteiger partial charge in [-0.15, -0.1) is 9.67 Å². The number of hydrogen-bond acceptors (Lipinski definition) is 3. The maximum atomic E-state index is 4.49. The lowest BCUT2D eigenvalue weighted by molar-refractivity contribution is -0.725. The van der Waals surface area contributed by atoms with Gasteiger partial charge in [-0.2, -0.15) is 0 Å². The van der Waals surface area contributed by atoms with Crippen molar-refractivity contribution >= 4 is 5.78 Å². The lowest BCUT2D eigenvalue weighted by Gasteiger charge is -1.97. The first kappa shape index (κ1) is 13.4. The van der Waals surface area contributed by atoms with Gasteiger partial charge >= 0.3 is 5.78 Å². The van der Waals surface area contributed by atoms with E-state index in [4.69, 9.17) is 0 Å². The maximum Gasteiger partial charge on any atom is 0.407 e. The molecule has 1 aromatic carbocycles. The number of hydrogen-bond donors (Lipinski definition) is 0. The van der Waals surface area contributed by atoms with Gasteiger partial charge in [0.05, 0.1) is 5.21 Å². The number of halogens is 1.